The van der Waals surface area contributed by atoms with Crippen molar-refractivity contribution >= 4 is 89.7 Å². The van der Waals surface area contributed by atoms with Gasteiger partial charge in [-0.15, -0.1) is 0 Å². The van der Waals surface area contributed by atoms with E-state index in [-0.39, 0.29) is 70.4 Å². The summed E-state index contributed by atoms with van der Waals surface area (Å²) in [5.74, 6) is -13.1. The molecule has 0 unspecified atom stereocenters. The number of benzene rings is 2. The normalized spacial score (nSPS) is 26.9. The van der Waals surface area contributed by atoms with E-state index in [1.165, 1.54) is 26.0 Å². The van der Waals surface area contributed by atoms with Crippen molar-refractivity contribution in [2.24, 2.45) is 23.7 Å². The minimum Gasteiger partial charge on any atom is -0.368 e. The number of nitrogens with one attached hydrogen (secondary N) is 2. The lowest BCUT2D eigenvalue weighted by atomic mass is 9.93. The van der Waals surface area contributed by atoms with Gasteiger partial charge in [0.1, 0.15) is 11.1 Å². The van der Waals surface area contributed by atoms with Crippen molar-refractivity contribution in [1.82, 2.24) is 30.2 Å². The average molecular weight is 1220 g/mol. The molecule has 0 bridgehead atoms. The third-order valence-electron chi connectivity index (χ3n) is 17.5. The Morgan fingerprint density at radius 1 is 0.512 bits per heavy atom. The van der Waals surface area contributed by atoms with Crippen molar-refractivity contribution in [3.05, 3.63) is 46.4 Å². The highest BCUT2D eigenvalue weighted by Gasteiger charge is 2.56. The highest BCUT2D eigenvalue weighted by atomic mass is 35.5. The number of hydrogen-bond acceptors (Lipinski definition) is 14. The lowest BCUT2D eigenvalue weighted by Crippen LogP contribution is -2.48. The molecule has 4 saturated heterocycles. The Morgan fingerprint density at radius 3 is 1.11 bits per heavy atom. The van der Waals surface area contributed by atoms with E-state index in [9.17, 15) is 73.7 Å². The maximum atomic E-state index is 13.9. The number of hydrogen-bond donors (Lipinski definition) is 2. The first-order valence-corrected chi connectivity index (χ1v) is 31.2. The summed E-state index contributed by atoms with van der Waals surface area (Å²) in [6.45, 7) is 5.49. The molecule has 444 valence electrons. The van der Waals surface area contributed by atoms with E-state index in [0.29, 0.717) is 89.4 Å². The number of amides is 6. The number of anilines is 2. The topological polar surface area (TPSA) is 262 Å². The molecule has 2 N–H and O–H groups in total. The molecule has 8 aliphatic rings. The van der Waals surface area contributed by atoms with Crippen LogP contribution in [0.5, 0.6) is 0 Å². The molecule has 0 aromatic heterocycles. The van der Waals surface area contributed by atoms with Crippen LogP contribution in [0.2, 0.25) is 10.0 Å². The van der Waals surface area contributed by atoms with Gasteiger partial charge < -0.3 is 40.0 Å². The molecule has 2 aromatic carbocycles. The number of rotatable bonds is 12. The average Bonchev–Trinajstić information content (AvgIpc) is 4.29. The van der Waals surface area contributed by atoms with E-state index in [2.05, 4.69) is 10.6 Å². The first kappa shape index (κ1) is 60.6. The monoisotopic (exact) mass is 1220 g/mol. The molecule has 8 fully saturated rings. The number of nitrogens with zero attached hydrogens (tertiary/aromatic N) is 8. The molecule has 4 aliphatic carbocycles. The molecule has 2 aromatic rings. The number of sulfone groups is 2. The number of carbonyl (C=O) groups excluding carboxylic acids is 6. The lowest BCUT2D eigenvalue weighted by Gasteiger charge is -2.35. The maximum Gasteiger partial charge on any atom is 0.267 e. The van der Waals surface area contributed by atoms with Crippen LogP contribution in [0.25, 0.3) is 0 Å². The van der Waals surface area contributed by atoms with Crippen LogP contribution in [0.4, 0.5) is 28.9 Å². The Labute approximate surface area is 483 Å². The van der Waals surface area contributed by atoms with Gasteiger partial charge in [0, 0.05) is 104 Å². The van der Waals surface area contributed by atoms with Crippen LogP contribution in [0, 0.1) is 46.3 Å². The quantitative estimate of drug-likeness (QED) is 0.279. The van der Waals surface area contributed by atoms with Gasteiger partial charge in [0.15, 0.2) is 19.7 Å². The molecule has 6 amide bonds. The molecule has 0 spiro atoms. The van der Waals surface area contributed by atoms with Crippen LogP contribution in [0.1, 0.15) is 78.1 Å². The highest BCUT2D eigenvalue weighted by molar-refractivity contribution is 7.92. The number of alkyl halides is 4. The van der Waals surface area contributed by atoms with Crippen molar-refractivity contribution in [2.45, 2.75) is 121 Å². The number of piperazine rings is 2. The Kier molecular flexibility index (Phi) is 16.9. The first-order chi connectivity index (χ1) is 38.5. The van der Waals surface area contributed by atoms with Gasteiger partial charge in [-0.3, -0.25) is 28.8 Å². The summed E-state index contributed by atoms with van der Waals surface area (Å²) in [6.07, 6.45) is -0.000936. The lowest BCUT2D eigenvalue weighted by molar-refractivity contribution is -0.141. The fraction of sp³-hybridized carbons (Fsp3) is 0.630. The van der Waals surface area contributed by atoms with E-state index < -0.39 is 126 Å². The van der Waals surface area contributed by atoms with Crippen LogP contribution < -0.4 is 20.4 Å². The number of nitriles is 2. The molecular formula is C54H64Cl2F4N10O10S2. The summed E-state index contributed by atoms with van der Waals surface area (Å²) in [7, 11) is -8.23. The Morgan fingerprint density at radius 2 is 0.841 bits per heavy atom. The van der Waals surface area contributed by atoms with Gasteiger partial charge in [-0.2, -0.15) is 10.5 Å². The Balaban J connectivity index is 0.000000198. The summed E-state index contributed by atoms with van der Waals surface area (Å²) in [6, 6.07) is 13.3. The zero-order valence-electron chi connectivity index (χ0n) is 45.2. The largest absolute Gasteiger partial charge is 0.368 e. The zero-order valence-corrected chi connectivity index (χ0v) is 48.4. The van der Waals surface area contributed by atoms with E-state index >= 15 is 0 Å². The summed E-state index contributed by atoms with van der Waals surface area (Å²) in [4.78, 5) is 85.7. The van der Waals surface area contributed by atoms with Crippen molar-refractivity contribution in [3.63, 3.8) is 0 Å². The number of carbonyl (C=O) groups is 6. The maximum absolute atomic E-state index is 13.9. The molecular weight excluding hydrogens is 1160 g/mol. The predicted octanol–water partition coefficient (Wildman–Crippen LogP) is 4.43. The number of halogens is 6. The van der Waals surface area contributed by atoms with Gasteiger partial charge in [-0.1, -0.05) is 23.2 Å². The Bertz CT molecular complexity index is 3020. The van der Waals surface area contributed by atoms with E-state index in [4.69, 9.17) is 23.2 Å². The van der Waals surface area contributed by atoms with Gasteiger partial charge in [0.2, 0.25) is 35.4 Å². The second-order valence-electron chi connectivity index (χ2n) is 23.0. The summed E-state index contributed by atoms with van der Waals surface area (Å²) in [5, 5.41) is 21.8. The summed E-state index contributed by atoms with van der Waals surface area (Å²) in [5.41, 5.74) is -0.653. The van der Waals surface area contributed by atoms with Gasteiger partial charge in [0.05, 0.1) is 79.2 Å². The molecule has 6 atom stereocenters. The molecule has 28 heteroatoms. The fourth-order valence-electron chi connectivity index (χ4n) is 12.1. The summed E-state index contributed by atoms with van der Waals surface area (Å²) >= 11 is 13.0. The van der Waals surface area contributed by atoms with Crippen molar-refractivity contribution in [1.29, 1.82) is 10.5 Å². The second-order valence-corrected chi connectivity index (χ2v) is 28.2. The second kappa shape index (κ2) is 22.9. The molecule has 10 rings (SSSR count). The van der Waals surface area contributed by atoms with Crippen LogP contribution in [0.15, 0.2) is 46.2 Å². The third-order valence-corrected chi connectivity index (χ3v) is 22.8. The van der Waals surface area contributed by atoms with Gasteiger partial charge in [-0.05, 0) is 87.8 Å². The molecule has 20 nitrogen and oxygen atoms in total. The van der Waals surface area contributed by atoms with Crippen LogP contribution in [-0.2, 0) is 48.4 Å². The smallest absolute Gasteiger partial charge is 0.267 e. The van der Waals surface area contributed by atoms with Crippen molar-refractivity contribution in [2.75, 3.05) is 88.3 Å². The fourth-order valence-corrected chi connectivity index (χ4v) is 16.9. The highest BCUT2D eigenvalue weighted by Crippen LogP contribution is 2.46. The number of likely N-dealkylation sites (tertiary alicyclic amines) is 2. The predicted molar refractivity (Wildman–Crippen MR) is 290 cm³/mol. The SMILES string of the molecule is CC(=O)N1CCN(c2ccc(S(=O)(=O)[C@@H]3C[C@@H](C(=O)NC4(C#N)CC4)[C@H](C(=O)N4CCC(F)(F)C4)C3)c(Cl)c2)CC1.CC(=O)N1CCN(c2ccc(S(=O)(=O)[C@H]3C[C@@H](C(=O)NC4(C#N)CC4)[C@H](C(=O)N4CCC(F)(F)C4)C3)c(Cl)c2)CC1. The van der Waals surface area contributed by atoms with Gasteiger partial charge >= 0.3 is 0 Å². The third kappa shape index (κ3) is 12.7. The van der Waals surface area contributed by atoms with E-state index in [1.54, 1.807) is 34.1 Å². The molecule has 4 saturated carbocycles. The van der Waals surface area contributed by atoms with Gasteiger partial charge in [-0.25, -0.2) is 34.4 Å². The van der Waals surface area contributed by atoms with Gasteiger partial charge in [0.25, 0.3) is 11.8 Å². The Hall–Kier alpha value is -5.96. The van der Waals surface area contributed by atoms with Crippen LogP contribution in [-0.4, -0.2) is 184 Å². The first-order valence-electron chi connectivity index (χ1n) is 27.4. The van der Waals surface area contributed by atoms with Crippen LogP contribution >= 0.6 is 23.2 Å². The molecule has 0 radical (unpaired) electrons. The van der Waals surface area contributed by atoms with E-state index in [0.717, 1.165) is 9.80 Å². The van der Waals surface area contributed by atoms with Crippen molar-refractivity contribution < 1.29 is 63.2 Å². The van der Waals surface area contributed by atoms with Crippen LogP contribution in [0.3, 0.4) is 0 Å². The molecule has 82 heavy (non-hydrogen) atoms. The minimum atomic E-state index is -4.12. The van der Waals surface area contributed by atoms with E-state index in [1.807, 2.05) is 21.9 Å². The molecule has 4 heterocycles. The van der Waals surface area contributed by atoms with Crippen molar-refractivity contribution in [3.8, 4) is 12.1 Å². The summed E-state index contributed by atoms with van der Waals surface area (Å²) < 4.78 is 111. The standard InChI is InChI=1S/2C27H32ClF2N5O5S/c2*1-17(36)33-8-10-34(11-9-33)18-2-3-23(22(28)12-18)41(39,40)19-13-20(24(37)32-26(15-31)4-5-26)21(14-19)25(38)35-7-6-27(29,30)16-35/h2*2-3,12,19-21H,4-11,13-14,16H2,1H3,(H,32,37)/t19-,20+,21+;19-,20-,21-/m01/s1. The zero-order chi connectivity index (χ0) is 59.5. The minimum absolute atomic E-state index is 0.00660. The molecule has 4 aliphatic heterocycles.